The van der Waals surface area contributed by atoms with Gasteiger partial charge in [0, 0.05) is 16.1 Å². The van der Waals surface area contributed by atoms with Crippen LogP contribution in [0, 0.1) is 12.7 Å². The highest BCUT2D eigenvalue weighted by atomic mass is 32.2. The molecule has 1 N–H and O–H groups in total. The van der Waals surface area contributed by atoms with Crippen LogP contribution in [-0.4, -0.2) is 16.6 Å². The van der Waals surface area contributed by atoms with Crippen LogP contribution in [0.1, 0.15) is 5.56 Å². The molecule has 6 heteroatoms. The summed E-state index contributed by atoms with van der Waals surface area (Å²) in [7, 11) is 0. The van der Waals surface area contributed by atoms with Crippen molar-refractivity contribution in [3.05, 3.63) is 78.1 Å². The van der Waals surface area contributed by atoms with Crippen LogP contribution in [0.3, 0.4) is 0 Å². The van der Waals surface area contributed by atoms with Gasteiger partial charge >= 0.3 is 0 Å². The standard InChI is InChI=1S/C22H17FN2O2S/c1-14-2-9-18(10-3-14)28-13-21(26)24-17-8-11-20-19(12-17)25-22(27-20)15-4-6-16(23)7-5-15/h2-12H,13H2,1H3,(H,24,26). The number of nitrogens with zero attached hydrogens (tertiary/aromatic N) is 1. The van der Waals surface area contributed by atoms with E-state index in [1.54, 1.807) is 30.3 Å². The SMILES string of the molecule is Cc1ccc(SCC(=O)Nc2ccc3oc(-c4ccc(F)cc4)nc3c2)cc1. The van der Waals surface area contributed by atoms with Gasteiger partial charge in [0.1, 0.15) is 11.3 Å². The largest absolute Gasteiger partial charge is 0.436 e. The molecule has 4 aromatic rings. The van der Waals surface area contributed by atoms with Gasteiger partial charge in [-0.25, -0.2) is 9.37 Å². The monoisotopic (exact) mass is 392 g/mol. The Morgan fingerprint density at radius 3 is 2.57 bits per heavy atom. The van der Waals surface area contributed by atoms with Crippen LogP contribution in [0.2, 0.25) is 0 Å². The molecule has 140 valence electrons. The Balaban J connectivity index is 1.44. The molecule has 0 aliphatic carbocycles. The summed E-state index contributed by atoms with van der Waals surface area (Å²) in [5, 5.41) is 2.88. The van der Waals surface area contributed by atoms with Crippen LogP contribution in [0.4, 0.5) is 10.1 Å². The van der Waals surface area contributed by atoms with Gasteiger partial charge in [0.25, 0.3) is 0 Å². The zero-order valence-corrected chi connectivity index (χ0v) is 15.9. The van der Waals surface area contributed by atoms with Crippen LogP contribution >= 0.6 is 11.8 Å². The van der Waals surface area contributed by atoms with E-state index in [0.29, 0.717) is 34.0 Å². The topological polar surface area (TPSA) is 55.1 Å². The van der Waals surface area contributed by atoms with E-state index in [0.717, 1.165) is 4.90 Å². The summed E-state index contributed by atoms with van der Waals surface area (Å²) in [6.45, 7) is 2.03. The van der Waals surface area contributed by atoms with Crippen LogP contribution in [0.5, 0.6) is 0 Å². The van der Waals surface area contributed by atoms with E-state index >= 15 is 0 Å². The highest BCUT2D eigenvalue weighted by Gasteiger charge is 2.10. The number of halogens is 1. The van der Waals surface area contributed by atoms with E-state index in [1.165, 1.54) is 29.5 Å². The average Bonchev–Trinajstić information content (AvgIpc) is 3.11. The van der Waals surface area contributed by atoms with Crippen molar-refractivity contribution in [2.45, 2.75) is 11.8 Å². The van der Waals surface area contributed by atoms with Crippen LogP contribution in [-0.2, 0) is 4.79 Å². The molecule has 1 aromatic heterocycles. The second kappa shape index (κ2) is 7.86. The number of anilines is 1. The number of rotatable bonds is 5. The van der Waals surface area contributed by atoms with E-state index in [9.17, 15) is 9.18 Å². The smallest absolute Gasteiger partial charge is 0.234 e. The number of hydrogen-bond acceptors (Lipinski definition) is 4. The molecule has 4 nitrogen and oxygen atoms in total. The maximum atomic E-state index is 13.1. The fraction of sp³-hybridized carbons (Fsp3) is 0.0909. The minimum atomic E-state index is -0.312. The van der Waals surface area contributed by atoms with Crippen LogP contribution in [0.25, 0.3) is 22.6 Å². The van der Waals surface area contributed by atoms with Gasteiger partial charge in [-0.2, -0.15) is 0 Å². The van der Waals surface area contributed by atoms with Gasteiger partial charge in [-0.05, 0) is 61.5 Å². The number of hydrogen-bond donors (Lipinski definition) is 1. The normalized spacial score (nSPS) is 10.9. The van der Waals surface area contributed by atoms with Gasteiger partial charge in [-0.1, -0.05) is 17.7 Å². The number of oxazole rings is 1. The molecule has 3 aromatic carbocycles. The Kier molecular flexibility index (Phi) is 5.12. The number of amides is 1. The number of aryl methyl sites for hydroxylation is 1. The summed E-state index contributed by atoms with van der Waals surface area (Å²) in [5.74, 6) is 0.328. The quantitative estimate of drug-likeness (QED) is 0.445. The number of carbonyl (C=O) groups excluding carboxylic acids is 1. The third-order valence-corrected chi connectivity index (χ3v) is 5.17. The first-order chi connectivity index (χ1) is 13.6. The van der Waals surface area contributed by atoms with Crippen molar-refractivity contribution in [1.82, 2.24) is 4.98 Å². The third-order valence-electron chi connectivity index (χ3n) is 4.15. The van der Waals surface area contributed by atoms with Crippen LogP contribution < -0.4 is 5.32 Å². The van der Waals surface area contributed by atoms with E-state index in [4.69, 9.17) is 4.42 Å². The number of carbonyl (C=O) groups is 1. The predicted octanol–water partition coefficient (Wildman–Crippen LogP) is 5.67. The lowest BCUT2D eigenvalue weighted by Gasteiger charge is -2.05. The van der Waals surface area contributed by atoms with Crippen molar-refractivity contribution in [2.75, 3.05) is 11.1 Å². The average molecular weight is 392 g/mol. The van der Waals surface area contributed by atoms with Gasteiger partial charge in [0.2, 0.25) is 11.8 Å². The molecule has 0 aliphatic rings. The zero-order chi connectivity index (χ0) is 19.5. The maximum absolute atomic E-state index is 13.1. The molecule has 4 rings (SSSR count). The Morgan fingerprint density at radius 1 is 1.07 bits per heavy atom. The molecule has 1 heterocycles. The van der Waals surface area contributed by atoms with Crippen molar-refractivity contribution < 1.29 is 13.6 Å². The van der Waals surface area contributed by atoms with Gasteiger partial charge < -0.3 is 9.73 Å². The first-order valence-corrected chi connectivity index (χ1v) is 9.71. The van der Waals surface area contributed by atoms with Gasteiger partial charge in [-0.15, -0.1) is 11.8 Å². The van der Waals surface area contributed by atoms with E-state index in [-0.39, 0.29) is 11.7 Å². The molecule has 0 atom stereocenters. The van der Waals surface area contributed by atoms with E-state index in [2.05, 4.69) is 10.3 Å². The maximum Gasteiger partial charge on any atom is 0.234 e. The van der Waals surface area contributed by atoms with E-state index < -0.39 is 0 Å². The molecule has 0 radical (unpaired) electrons. The molecule has 28 heavy (non-hydrogen) atoms. The van der Waals surface area contributed by atoms with Crippen molar-refractivity contribution >= 4 is 34.5 Å². The summed E-state index contributed by atoms with van der Waals surface area (Å²) in [5.41, 5.74) is 3.77. The van der Waals surface area contributed by atoms with Gasteiger partial charge in [-0.3, -0.25) is 4.79 Å². The lowest BCUT2D eigenvalue weighted by atomic mass is 10.2. The second-order valence-corrected chi connectivity index (χ2v) is 7.41. The first-order valence-electron chi connectivity index (χ1n) is 8.73. The molecule has 0 spiro atoms. The zero-order valence-electron chi connectivity index (χ0n) is 15.1. The fourth-order valence-electron chi connectivity index (χ4n) is 2.70. The molecule has 1 amide bonds. The highest BCUT2D eigenvalue weighted by Crippen LogP contribution is 2.26. The minimum absolute atomic E-state index is 0.0906. The van der Waals surface area contributed by atoms with Gasteiger partial charge in [0.05, 0.1) is 5.75 Å². The minimum Gasteiger partial charge on any atom is -0.436 e. The number of thioether (sulfide) groups is 1. The number of aromatic nitrogens is 1. The molecule has 0 saturated carbocycles. The lowest BCUT2D eigenvalue weighted by molar-refractivity contribution is -0.113. The first kappa shape index (κ1) is 18.3. The molecule has 0 saturated heterocycles. The van der Waals surface area contributed by atoms with Crippen molar-refractivity contribution in [2.24, 2.45) is 0 Å². The second-order valence-electron chi connectivity index (χ2n) is 6.36. The molecular formula is C22H17FN2O2S. The highest BCUT2D eigenvalue weighted by molar-refractivity contribution is 8.00. The summed E-state index contributed by atoms with van der Waals surface area (Å²) in [6, 6.07) is 19.3. The fourth-order valence-corrected chi connectivity index (χ4v) is 3.40. The third kappa shape index (κ3) is 4.23. The summed E-state index contributed by atoms with van der Waals surface area (Å²) < 4.78 is 18.8. The van der Waals surface area contributed by atoms with Gasteiger partial charge in [0.15, 0.2) is 5.58 Å². The Morgan fingerprint density at radius 2 is 1.82 bits per heavy atom. The molecule has 0 unspecified atom stereocenters. The summed E-state index contributed by atoms with van der Waals surface area (Å²) >= 11 is 1.49. The predicted molar refractivity (Wildman–Crippen MR) is 110 cm³/mol. The Bertz CT molecular complexity index is 1120. The summed E-state index contributed by atoms with van der Waals surface area (Å²) in [4.78, 5) is 17.7. The molecular weight excluding hydrogens is 375 g/mol. The molecule has 0 bridgehead atoms. The molecule has 0 aliphatic heterocycles. The lowest BCUT2D eigenvalue weighted by Crippen LogP contribution is -2.13. The van der Waals surface area contributed by atoms with Crippen LogP contribution in [0.15, 0.2) is 76.0 Å². The number of nitrogens with one attached hydrogen (secondary N) is 1. The number of fused-ring (bicyclic) bond motifs is 1. The van der Waals surface area contributed by atoms with E-state index in [1.807, 2.05) is 31.2 Å². The van der Waals surface area contributed by atoms with Crippen molar-refractivity contribution in [3.63, 3.8) is 0 Å². The summed E-state index contributed by atoms with van der Waals surface area (Å²) in [6.07, 6.45) is 0. The van der Waals surface area contributed by atoms with Crippen molar-refractivity contribution in [3.8, 4) is 11.5 Å². The number of benzene rings is 3. The molecule has 0 fully saturated rings. The van der Waals surface area contributed by atoms with Crippen molar-refractivity contribution in [1.29, 1.82) is 0 Å². The Labute approximate surface area is 165 Å². The Hall–Kier alpha value is -3.12.